The Morgan fingerprint density at radius 2 is 1.92 bits per heavy atom. The Balaban J connectivity index is 1.52. The number of aryl methyl sites for hydroxylation is 1. The lowest BCUT2D eigenvalue weighted by molar-refractivity contribution is -0.123. The molecule has 26 heavy (non-hydrogen) atoms. The highest BCUT2D eigenvalue weighted by molar-refractivity contribution is 6.31. The number of nitrogens with one attached hydrogen (secondary N) is 2. The van der Waals surface area contributed by atoms with Crippen molar-refractivity contribution in [3.05, 3.63) is 58.6 Å². The topological polar surface area (TPSA) is 61.4 Å². The van der Waals surface area contributed by atoms with E-state index in [-0.39, 0.29) is 24.9 Å². The summed E-state index contributed by atoms with van der Waals surface area (Å²) in [6, 6.07) is 13.5. The van der Waals surface area contributed by atoms with Crippen LogP contribution < -0.4 is 15.5 Å². The number of carbonyl (C=O) groups is 2. The van der Waals surface area contributed by atoms with Gasteiger partial charge in [0.2, 0.25) is 11.8 Å². The number of rotatable bonds is 5. The molecule has 0 saturated heterocycles. The average molecular weight is 372 g/mol. The number of anilines is 2. The number of amides is 2. The predicted octanol–water partition coefficient (Wildman–Crippen LogP) is 3.16. The van der Waals surface area contributed by atoms with E-state index in [0.717, 1.165) is 30.6 Å². The normalized spacial score (nSPS) is 13.1. The molecule has 0 atom stereocenters. The maximum absolute atomic E-state index is 12.2. The molecular weight excluding hydrogens is 350 g/mol. The van der Waals surface area contributed by atoms with E-state index in [2.05, 4.69) is 21.6 Å². The van der Waals surface area contributed by atoms with Crippen LogP contribution in [0.15, 0.2) is 42.5 Å². The molecule has 0 bridgehead atoms. The van der Waals surface area contributed by atoms with Gasteiger partial charge in [0.25, 0.3) is 0 Å². The average Bonchev–Trinajstić information content (AvgIpc) is 2.64. The zero-order chi connectivity index (χ0) is 18.5. The van der Waals surface area contributed by atoms with Crippen LogP contribution in [0.4, 0.5) is 11.4 Å². The number of hydrogen-bond donors (Lipinski definition) is 2. The van der Waals surface area contributed by atoms with Crippen LogP contribution in [0.2, 0.25) is 5.02 Å². The number of hydrogen-bond acceptors (Lipinski definition) is 3. The van der Waals surface area contributed by atoms with Gasteiger partial charge in [0.1, 0.15) is 0 Å². The lowest BCUT2D eigenvalue weighted by atomic mass is 10.0. The van der Waals surface area contributed by atoms with E-state index in [4.69, 9.17) is 11.6 Å². The van der Waals surface area contributed by atoms with Gasteiger partial charge in [-0.3, -0.25) is 9.59 Å². The Labute approximate surface area is 158 Å². The zero-order valence-electron chi connectivity index (χ0n) is 14.7. The summed E-state index contributed by atoms with van der Waals surface area (Å²) in [4.78, 5) is 26.4. The third-order valence-corrected chi connectivity index (χ3v) is 4.94. The first kappa shape index (κ1) is 18.3. The van der Waals surface area contributed by atoms with E-state index in [1.54, 1.807) is 18.2 Å². The van der Waals surface area contributed by atoms with Crippen molar-refractivity contribution in [2.45, 2.75) is 19.8 Å². The summed E-state index contributed by atoms with van der Waals surface area (Å²) in [6.45, 7) is 2.86. The summed E-state index contributed by atoms with van der Waals surface area (Å²) in [5.41, 5.74) is 3.83. The minimum absolute atomic E-state index is 0.0692. The summed E-state index contributed by atoms with van der Waals surface area (Å²) in [5.74, 6) is -0.442. The smallest absolute Gasteiger partial charge is 0.243 e. The molecule has 0 radical (unpaired) electrons. The van der Waals surface area contributed by atoms with E-state index < -0.39 is 0 Å². The highest BCUT2D eigenvalue weighted by Gasteiger charge is 2.18. The van der Waals surface area contributed by atoms with E-state index in [0.29, 0.717) is 10.7 Å². The lowest BCUT2D eigenvalue weighted by Gasteiger charge is -2.30. The minimum Gasteiger partial charge on any atom is -0.362 e. The molecule has 0 unspecified atom stereocenters. The van der Waals surface area contributed by atoms with Crippen LogP contribution in [-0.4, -0.2) is 31.4 Å². The Morgan fingerprint density at radius 1 is 1.12 bits per heavy atom. The molecule has 2 aromatic carbocycles. The molecular formula is C20H22ClN3O2. The quantitative estimate of drug-likeness (QED) is 0.848. The molecule has 2 N–H and O–H groups in total. The van der Waals surface area contributed by atoms with Crippen LogP contribution in [0, 0.1) is 6.92 Å². The van der Waals surface area contributed by atoms with E-state index >= 15 is 0 Å². The van der Waals surface area contributed by atoms with E-state index in [1.807, 2.05) is 25.1 Å². The van der Waals surface area contributed by atoms with Crippen molar-refractivity contribution in [1.29, 1.82) is 0 Å². The van der Waals surface area contributed by atoms with Crippen molar-refractivity contribution in [3.8, 4) is 0 Å². The van der Waals surface area contributed by atoms with Crippen molar-refractivity contribution in [3.63, 3.8) is 0 Å². The summed E-state index contributed by atoms with van der Waals surface area (Å²) >= 11 is 6.05. The third kappa shape index (κ3) is 4.35. The lowest BCUT2D eigenvalue weighted by Crippen LogP contribution is -2.42. The Bertz CT molecular complexity index is 822. The molecule has 0 aliphatic carbocycles. The molecule has 0 spiro atoms. The number of fused-ring (bicyclic) bond motifs is 1. The van der Waals surface area contributed by atoms with Gasteiger partial charge in [-0.05, 0) is 49.1 Å². The van der Waals surface area contributed by atoms with Gasteiger partial charge in [0.15, 0.2) is 0 Å². The van der Waals surface area contributed by atoms with Crippen molar-refractivity contribution >= 4 is 34.8 Å². The van der Waals surface area contributed by atoms with Gasteiger partial charge in [-0.25, -0.2) is 0 Å². The molecule has 0 aromatic heterocycles. The van der Waals surface area contributed by atoms with Crippen molar-refractivity contribution in [1.82, 2.24) is 5.32 Å². The van der Waals surface area contributed by atoms with Crippen LogP contribution in [0.1, 0.15) is 17.5 Å². The number of carbonyl (C=O) groups excluding carboxylic acids is 2. The molecule has 1 heterocycles. The first-order valence-electron chi connectivity index (χ1n) is 8.69. The SMILES string of the molecule is Cc1c(Cl)cccc1NC(=O)CNC(=O)CN1CCCc2ccccc21. The zero-order valence-corrected chi connectivity index (χ0v) is 15.5. The highest BCUT2D eigenvalue weighted by atomic mass is 35.5. The van der Waals surface area contributed by atoms with Crippen LogP contribution in [0.3, 0.4) is 0 Å². The molecule has 136 valence electrons. The first-order valence-corrected chi connectivity index (χ1v) is 9.07. The Hall–Kier alpha value is -2.53. The third-order valence-electron chi connectivity index (χ3n) is 4.53. The largest absolute Gasteiger partial charge is 0.362 e. The summed E-state index contributed by atoms with van der Waals surface area (Å²) in [6.07, 6.45) is 2.06. The van der Waals surface area contributed by atoms with Crippen LogP contribution in [0.5, 0.6) is 0 Å². The highest BCUT2D eigenvalue weighted by Crippen LogP contribution is 2.26. The summed E-state index contributed by atoms with van der Waals surface area (Å²) in [7, 11) is 0. The summed E-state index contributed by atoms with van der Waals surface area (Å²) in [5, 5.41) is 6.06. The Kier molecular flexibility index (Phi) is 5.78. The second-order valence-electron chi connectivity index (χ2n) is 6.39. The molecule has 0 saturated carbocycles. The van der Waals surface area contributed by atoms with Crippen LogP contribution in [-0.2, 0) is 16.0 Å². The van der Waals surface area contributed by atoms with E-state index in [9.17, 15) is 9.59 Å². The van der Waals surface area contributed by atoms with Gasteiger partial charge < -0.3 is 15.5 Å². The fourth-order valence-corrected chi connectivity index (χ4v) is 3.30. The Morgan fingerprint density at radius 3 is 2.77 bits per heavy atom. The second-order valence-corrected chi connectivity index (χ2v) is 6.80. The number of benzene rings is 2. The van der Waals surface area contributed by atoms with Gasteiger partial charge in [0.05, 0.1) is 13.1 Å². The second kappa shape index (κ2) is 8.23. The predicted molar refractivity (Wildman–Crippen MR) is 105 cm³/mol. The van der Waals surface area contributed by atoms with E-state index in [1.165, 1.54) is 5.56 Å². The van der Waals surface area contributed by atoms with Gasteiger partial charge >= 0.3 is 0 Å². The molecule has 5 nitrogen and oxygen atoms in total. The monoisotopic (exact) mass is 371 g/mol. The van der Waals surface area contributed by atoms with Crippen LogP contribution >= 0.6 is 11.6 Å². The number of para-hydroxylation sites is 1. The van der Waals surface area contributed by atoms with Gasteiger partial charge in [-0.2, -0.15) is 0 Å². The van der Waals surface area contributed by atoms with Gasteiger partial charge in [0, 0.05) is 22.9 Å². The van der Waals surface area contributed by atoms with Crippen molar-refractivity contribution < 1.29 is 9.59 Å². The molecule has 2 aromatic rings. The molecule has 1 aliphatic rings. The number of nitrogens with zero attached hydrogens (tertiary/aromatic N) is 1. The molecule has 2 amide bonds. The fourth-order valence-electron chi connectivity index (χ4n) is 3.12. The van der Waals surface area contributed by atoms with Crippen molar-refractivity contribution in [2.24, 2.45) is 0 Å². The molecule has 3 rings (SSSR count). The minimum atomic E-state index is -0.275. The first-order chi connectivity index (χ1) is 12.5. The summed E-state index contributed by atoms with van der Waals surface area (Å²) < 4.78 is 0. The standard InChI is InChI=1S/C20H22ClN3O2/c1-14-16(21)8-4-9-17(14)23-19(25)12-22-20(26)13-24-11-5-7-15-6-2-3-10-18(15)24/h2-4,6,8-10H,5,7,11-13H2,1H3,(H,22,26)(H,23,25). The fraction of sp³-hybridized carbons (Fsp3) is 0.300. The maximum Gasteiger partial charge on any atom is 0.243 e. The van der Waals surface area contributed by atoms with Gasteiger partial charge in [-0.15, -0.1) is 0 Å². The molecule has 6 heteroatoms. The number of halogens is 1. The van der Waals surface area contributed by atoms with Crippen LogP contribution in [0.25, 0.3) is 0 Å². The van der Waals surface area contributed by atoms with Crippen molar-refractivity contribution in [2.75, 3.05) is 29.9 Å². The van der Waals surface area contributed by atoms with Gasteiger partial charge in [-0.1, -0.05) is 35.9 Å². The maximum atomic E-state index is 12.2. The molecule has 0 fully saturated rings. The molecule has 1 aliphatic heterocycles.